The lowest BCUT2D eigenvalue weighted by molar-refractivity contribution is -0.127. The predicted octanol–water partition coefficient (Wildman–Crippen LogP) is 1.95. The highest BCUT2D eigenvalue weighted by molar-refractivity contribution is 7.81. The molecule has 0 aromatic rings. The van der Waals surface area contributed by atoms with Gasteiger partial charge in [0.15, 0.2) is 0 Å². The van der Waals surface area contributed by atoms with E-state index in [1.165, 1.54) is 19.3 Å². The largest absolute Gasteiger partial charge is 0.341 e. The van der Waals surface area contributed by atoms with Gasteiger partial charge in [0.25, 0.3) is 0 Å². The standard InChI is InChI=1S/C10H19NOS/c1-3-10(4-2)5-6-11(8-10)9(12)7-13/h13H,3-8H2,1-2H3. The van der Waals surface area contributed by atoms with Crippen LogP contribution in [0.3, 0.4) is 0 Å². The van der Waals surface area contributed by atoms with Crippen LogP contribution in [0.25, 0.3) is 0 Å². The summed E-state index contributed by atoms with van der Waals surface area (Å²) >= 11 is 4.01. The first kappa shape index (κ1) is 10.9. The molecule has 76 valence electrons. The molecule has 1 aliphatic heterocycles. The molecule has 1 rings (SSSR count). The summed E-state index contributed by atoms with van der Waals surface area (Å²) in [5.74, 6) is 0.538. The van der Waals surface area contributed by atoms with Gasteiger partial charge in [0.1, 0.15) is 0 Å². The molecule has 0 aromatic carbocycles. The Kier molecular flexibility index (Phi) is 3.65. The van der Waals surface area contributed by atoms with E-state index in [4.69, 9.17) is 0 Å². The molecular weight excluding hydrogens is 182 g/mol. The SMILES string of the molecule is CCC1(CC)CCN(C(=O)CS)C1. The number of carbonyl (C=O) groups excluding carboxylic acids is 1. The zero-order valence-electron chi connectivity index (χ0n) is 8.55. The van der Waals surface area contributed by atoms with E-state index < -0.39 is 0 Å². The number of rotatable bonds is 3. The van der Waals surface area contributed by atoms with Gasteiger partial charge in [-0.3, -0.25) is 4.79 Å². The Balaban J connectivity index is 2.56. The van der Waals surface area contributed by atoms with Crippen molar-refractivity contribution < 1.29 is 4.79 Å². The molecular formula is C10H19NOS. The summed E-state index contributed by atoms with van der Waals surface area (Å²) in [6, 6.07) is 0. The highest BCUT2D eigenvalue weighted by Crippen LogP contribution is 2.36. The van der Waals surface area contributed by atoms with Crippen molar-refractivity contribution in [3.05, 3.63) is 0 Å². The first-order valence-corrected chi connectivity index (χ1v) is 5.69. The van der Waals surface area contributed by atoms with E-state index in [2.05, 4.69) is 26.5 Å². The second kappa shape index (κ2) is 4.36. The fraction of sp³-hybridized carbons (Fsp3) is 0.900. The van der Waals surface area contributed by atoms with Crippen LogP contribution in [0.2, 0.25) is 0 Å². The van der Waals surface area contributed by atoms with Gasteiger partial charge in [0, 0.05) is 13.1 Å². The van der Waals surface area contributed by atoms with E-state index in [1.807, 2.05) is 4.90 Å². The zero-order valence-corrected chi connectivity index (χ0v) is 9.44. The first-order chi connectivity index (χ1) is 6.17. The number of thiol groups is 1. The third-order valence-corrected chi connectivity index (χ3v) is 3.70. The summed E-state index contributed by atoms with van der Waals surface area (Å²) in [5.41, 5.74) is 0.401. The minimum Gasteiger partial charge on any atom is -0.341 e. The quantitative estimate of drug-likeness (QED) is 0.692. The van der Waals surface area contributed by atoms with Gasteiger partial charge in [0.05, 0.1) is 5.75 Å². The lowest BCUT2D eigenvalue weighted by Gasteiger charge is -2.26. The molecule has 2 nitrogen and oxygen atoms in total. The number of hydrogen-bond acceptors (Lipinski definition) is 2. The highest BCUT2D eigenvalue weighted by Gasteiger charge is 2.36. The lowest BCUT2D eigenvalue weighted by Crippen LogP contribution is -2.32. The van der Waals surface area contributed by atoms with Crippen molar-refractivity contribution in [1.29, 1.82) is 0 Å². The molecule has 0 spiro atoms. The van der Waals surface area contributed by atoms with Crippen LogP contribution in [0.1, 0.15) is 33.1 Å². The maximum Gasteiger partial charge on any atom is 0.232 e. The number of nitrogens with zero attached hydrogens (tertiary/aromatic N) is 1. The Morgan fingerprint density at radius 3 is 2.46 bits per heavy atom. The monoisotopic (exact) mass is 201 g/mol. The minimum absolute atomic E-state index is 0.187. The molecule has 0 N–H and O–H groups in total. The normalized spacial score (nSPS) is 20.7. The Hall–Kier alpha value is -0.180. The second-order valence-electron chi connectivity index (χ2n) is 3.93. The molecule has 1 aliphatic rings. The molecule has 0 unspecified atom stereocenters. The maximum absolute atomic E-state index is 11.4. The summed E-state index contributed by atoms with van der Waals surface area (Å²) < 4.78 is 0. The van der Waals surface area contributed by atoms with E-state index in [-0.39, 0.29) is 5.91 Å². The van der Waals surface area contributed by atoms with Crippen LogP contribution in [0.5, 0.6) is 0 Å². The molecule has 0 aromatic heterocycles. The highest BCUT2D eigenvalue weighted by atomic mass is 32.1. The molecule has 0 atom stereocenters. The van der Waals surface area contributed by atoms with Gasteiger partial charge in [-0.05, 0) is 24.7 Å². The smallest absolute Gasteiger partial charge is 0.232 e. The van der Waals surface area contributed by atoms with Gasteiger partial charge in [-0.25, -0.2) is 0 Å². The number of likely N-dealkylation sites (tertiary alicyclic amines) is 1. The van der Waals surface area contributed by atoms with Crippen molar-refractivity contribution in [3.8, 4) is 0 Å². The van der Waals surface area contributed by atoms with Crippen molar-refractivity contribution in [3.63, 3.8) is 0 Å². The number of carbonyl (C=O) groups is 1. The van der Waals surface area contributed by atoms with Crippen molar-refractivity contribution in [1.82, 2.24) is 4.90 Å². The van der Waals surface area contributed by atoms with E-state index in [9.17, 15) is 4.79 Å². The van der Waals surface area contributed by atoms with E-state index in [1.54, 1.807) is 0 Å². The molecule has 0 radical (unpaired) electrons. The first-order valence-electron chi connectivity index (χ1n) is 5.06. The summed E-state index contributed by atoms with van der Waals surface area (Å²) in [7, 11) is 0. The fourth-order valence-electron chi connectivity index (χ4n) is 2.08. The molecule has 1 heterocycles. The molecule has 1 fully saturated rings. The number of amides is 1. The van der Waals surface area contributed by atoms with Gasteiger partial charge in [-0.1, -0.05) is 13.8 Å². The van der Waals surface area contributed by atoms with E-state index in [0.717, 1.165) is 13.1 Å². The average Bonchev–Trinajstić information content (AvgIpc) is 2.61. The molecule has 13 heavy (non-hydrogen) atoms. The van der Waals surface area contributed by atoms with Gasteiger partial charge < -0.3 is 4.90 Å². The molecule has 0 bridgehead atoms. The maximum atomic E-state index is 11.4. The van der Waals surface area contributed by atoms with Crippen LogP contribution >= 0.6 is 12.6 Å². The van der Waals surface area contributed by atoms with Crippen molar-refractivity contribution >= 4 is 18.5 Å². The van der Waals surface area contributed by atoms with Crippen LogP contribution in [0.15, 0.2) is 0 Å². The van der Waals surface area contributed by atoms with Gasteiger partial charge in [0.2, 0.25) is 5.91 Å². The Labute approximate surface area is 86.1 Å². The Morgan fingerprint density at radius 1 is 1.46 bits per heavy atom. The number of hydrogen-bond donors (Lipinski definition) is 1. The van der Waals surface area contributed by atoms with Crippen LogP contribution < -0.4 is 0 Å². The summed E-state index contributed by atoms with van der Waals surface area (Å²) in [4.78, 5) is 13.3. The third-order valence-electron chi connectivity index (χ3n) is 3.43. The zero-order chi connectivity index (χ0) is 9.90. The molecule has 0 saturated carbocycles. The summed E-state index contributed by atoms with van der Waals surface area (Å²) in [6.07, 6.45) is 3.53. The van der Waals surface area contributed by atoms with Crippen molar-refractivity contribution in [2.24, 2.45) is 5.41 Å². The van der Waals surface area contributed by atoms with Crippen LogP contribution in [0, 0.1) is 5.41 Å². The van der Waals surface area contributed by atoms with E-state index in [0.29, 0.717) is 11.2 Å². The van der Waals surface area contributed by atoms with Gasteiger partial charge in [-0.15, -0.1) is 0 Å². The molecule has 0 aliphatic carbocycles. The fourth-order valence-corrected chi connectivity index (χ4v) is 2.28. The lowest BCUT2D eigenvalue weighted by atomic mass is 9.82. The van der Waals surface area contributed by atoms with Crippen molar-refractivity contribution in [2.75, 3.05) is 18.8 Å². The average molecular weight is 201 g/mol. The summed E-state index contributed by atoms with van der Waals surface area (Å²) in [5, 5.41) is 0. The van der Waals surface area contributed by atoms with Crippen molar-refractivity contribution in [2.45, 2.75) is 33.1 Å². The summed E-state index contributed by atoms with van der Waals surface area (Å²) in [6.45, 7) is 6.32. The van der Waals surface area contributed by atoms with Gasteiger partial charge in [-0.2, -0.15) is 12.6 Å². The molecule has 3 heteroatoms. The Morgan fingerprint density at radius 2 is 2.08 bits per heavy atom. The Bertz CT molecular complexity index is 189. The molecule has 1 saturated heterocycles. The predicted molar refractivity (Wildman–Crippen MR) is 58.1 cm³/mol. The topological polar surface area (TPSA) is 20.3 Å². The minimum atomic E-state index is 0.187. The van der Waals surface area contributed by atoms with Crippen LogP contribution in [0.4, 0.5) is 0 Å². The van der Waals surface area contributed by atoms with Gasteiger partial charge >= 0.3 is 0 Å². The van der Waals surface area contributed by atoms with Crippen LogP contribution in [-0.4, -0.2) is 29.6 Å². The second-order valence-corrected chi connectivity index (χ2v) is 4.25. The molecule has 1 amide bonds. The van der Waals surface area contributed by atoms with Crippen LogP contribution in [-0.2, 0) is 4.79 Å². The third kappa shape index (κ3) is 2.19. The van der Waals surface area contributed by atoms with E-state index >= 15 is 0 Å².